The normalized spacial score (nSPS) is 23.2. The lowest BCUT2D eigenvalue weighted by atomic mass is 9.99. The van der Waals surface area contributed by atoms with Crippen molar-refractivity contribution in [3.8, 4) is 11.3 Å². The van der Waals surface area contributed by atoms with E-state index in [9.17, 15) is 13.6 Å². The molecule has 6 rings (SSSR count). The van der Waals surface area contributed by atoms with Gasteiger partial charge in [-0.05, 0) is 50.7 Å². The lowest BCUT2D eigenvalue weighted by Gasteiger charge is -2.39. The van der Waals surface area contributed by atoms with Gasteiger partial charge in [-0.1, -0.05) is 11.2 Å². The Morgan fingerprint density at radius 1 is 1.08 bits per heavy atom. The van der Waals surface area contributed by atoms with Crippen molar-refractivity contribution in [2.45, 2.75) is 69.2 Å². The van der Waals surface area contributed by atoms with Crippen LogP contribution in [-0.4, -0.2) is 46.4 Å². The Bertz CT molecular complexity index is 1240. The third-order valence-electron chi connectivity index (χ3n) is 7.42. The first-order chi connectivity index (χ1) is 17.5. The van der Waals surface area contributed by atoms with Crippen LogP contribution >= 0.6 is 0 Å². The fraction of sp³-hybridized carbons (Fsp3) is 0.462. The highest BCUT2D eigenvalue weighted by atomic mass is 19.1. The molecular formula is C26H26F2N4O4. The molecule has 3 aliphatic rings. The summed E-state index contributed by atoms with van der Waals surface area (Å²) < 4.78 is 45.7. The fourth-order valence-electron chi connectivity index (χ4n) is 5.55. The number of aromatic nitrogens is 3. The molecule has 2 aliphatic heterocycles. The SMILES string of the molecule is COC(=O)c1cnc(N2C3CC[C@H]2CC(OCc2c(-c4c(F)cccc4F)noc2C2CC2)C3)cn1. The first kappa shape index (κ1) is 23.0. The van der Waals surface area contributed by atoms with Crippen LogP contribution in [0.2, 0.25) is 0 Å². The van der Waals surface area contributed by atoms with Crippen LogP contribution in [0.1, 0.15) is 66.3 Å². The number of hydrogen-bond acceptors (Lipinski definition) is 8. The van der Waals surface area contributed by atoms with E-state index in [1.165, 1.54) is 31.5 Å². The van der Waals surface area contributed by atoms with E-state index in [4.69, 9.17) is 14.0 Å². The molecule has 0 N–H and O–H groups in total. The summed E-state index contributed by atoms with van der Waals surface area (Å²) in [6, 6.07) is 4.26. The molecule has 0 spiro atoms. The maximum atomic E-state index is 14.5. The molecule has 10 heteroatoms. The first-order valence-corrected chi connectivity index (χ1v) is 12.3. The molecule has 2 unspecified atom stereocenters. The molecule has 3 atom stereocenters. The van der Waals surface area contributed by atoms with Crippen LogP contribution in [0.25, 0.3) is 11.3 Å². The largest absolute Gasteiger partial charge is 0.464 e. The Kier molecular flexibility index (Phi) is 5.91. The number of anilines is 1. The van der Waals surface area contributed by atoms with Crippen LogP contribution in [0, 0.1) is 11.6 Å². The van der Waals surface area contributed by atoms with Crippen LogP contribution in [0.3, 0.4) is 0 Å². The van der Waals surface area contributed by atoms with Crippen molar-refractivity contribution in [2.24, 2.45) is 0 Å². The van der Waals surface area contributed by atoms with E-state index in [0.717, 1.165) is 44.3 Å². The number of rotatable bonds is 7. The highest BCUT2D eigenvalue weighted by Gasteiger charge is 2.42. The summed E-state index contributed by atoms with van der Waals surface area (Å²) in [5.41, 5.74) is 0.833. The Balaban J connectivity index is 1.18. The van der Waals surface area contributed by atoms with E-state index in [1.807, 2.05) is 0 Å². The van der Waals surface area contributed by atoms with Crippen molar-refractivity contribution in [3.05, 3.63) is 59.2 Å². The number of hydrogen-bond donors (Lipinski definition) is 0. The van der Waals surface area contributed by atoms with E-state index in [1.54, 1.807) is 6.20 Å². The number of benzene rings is 1. The van der Waals surface area contributed by atoms with Gasteiger partial charge < -0.3 is 18.9 Å². The van der Waals surface area contributed by atoms with Gasteiger partial charge >= 0.3 is 5.97 Å². The number of fused-ring (bicyclic) bond motifs is 2. The molecule has 188 valence electrons. The first-order valence-electron chi connectivity index (χ1n) is 12.3. The summed E-state index contributed by atoms with van der Waals surface area (Å²) in [5.74, 6) is -0.215. The monoisotopic (exact) mass is 496 g/mol. The Labute approximate surface area is 206 Å². The van der Waals surface area contributed by atoms with Crippen molar-refractivity contribution in [1.82, 2.24) is 15.1 Å². The van der Waals surface area contributed by atoms with E-state index in [0.29, 0.717) is 11.3 Å². The number of carbonyl (C=O) groups excluding carboxylic acids is 1. The number of esters is 1. The lowest BCUT2D eigenvalue weighted by Crippen LogP contribution is -2.46. The number of nitrogens with zero attached hydrogens (tertiary/aromatic N) is 4. The Morgan fingerprint density at radius 2 is 1.81 bits per heavy atom. The summed E-state index contributed by atoms with van der Waals surface area (Å²) >= 11 is 0. The summed E-state index contributed by atoms with van der Waals surface area (Å²) in [5, 5.41) is 4.06. The smallest absolute Gasteiger partial charge is 0.358 e. The molecule has 2 saturated heterocycles. The second-order valence-corrected chi connectivity index (χ2v) is 9.69. The van der Waals surface area contributed by atoms with Gasteiger partial charge in [0.05, 0.1) is 37.8 Å². The highest BCUT2D eigenvalue weighted by molar-refractivity contribution is 5.86. The standard InChI is InChI=1S/C26H26F2N4O4/c1-34-26(33)21-11-30-22(12-29-21)32-15-7-8-16(32)10-17(9-15)35-13-18-24(31-36-25(18)14-5-6-14)23-19(27)3-2-4-20(23)28/h2-4,11-12,14-17H,5-10,13H2,1H3/t15-,16?,17?/m0/s1. The molecule has 3 aromatic rings. The zero-order valence-electron chi connectivity index (χ0n) is 19.8. The minimum absolute atomic E-state index is 0.0127. The molecular weight excluding hydrogens is 470 g/mol. The van der Waals surface area contributed by atoms with Crippen LogP contribution in [0.15, 0.2) is 35.1 Å². The maximum absolute atomic E-state index is 14.5. The van der Waals surface area contributed by atoms with E-state index in [2.05, 4.69) is 20.0 Å². The van der Waals surface area contributed by atoms with Crippen LogP contribution in [-0.2, 0) is 16.1 Å². The third-order valence-corrected chi connectivity index (χ3v) is 7.42. The van der Waals surface area contributed by atoms with E-state index >= 15 is 0 Å². The number of carbonyl (C=O) groups is 1. The zero-order chi connectivity index (χ0) is 24.8. The molecule has 1 aromatic carbocycles. The van der Waals surface area contributed by atoms with Crippen LogP contribution < -0.4 is 4.90 Å². The van der Waals surface area contributed by atoms with Gasteiger partial charge in [0.2, 0.25) is 0 Å². The van der Waals surface area contributed by atoms with Gasteiger partial charge in [0.15, 0.2) is 5.69 Å². The molecule has 1 aliphatic carbocycles. The third kappa shape index (κ3) is 4.13. The molecule has 4 heterocycles. The van der Waals surface area contributed by atoms with Crippen molar-refractivity contribution < 1.29 is 27.6 Å². The van der Waals surface area contributed by atoms with Crippen molar-refractivity contribution in [2.75, 3.05) is 12.0 Å². The van der Waals surface area contributed by atoms with Crippen molar-refractivity contribution in [1.29, 1.82) is 0 Å². The second-order valence-electron chi connectivity index (χ2n) is 9.69. The van der Waals surface area contributed by atoms with Gasteiger partial charge in [0.1, 0.15) is 28.9 Å². The summed E-state index contributed by atoms with van der Waals surface area (Å²) in [4.78, 5) is 22.6. The second kappa shape index (κ2) is 9.24. The Hall–Kier alpha value is -3.40. The van der Waals surface area contributed by atoms with Crippen LogP contribution in [0.4, 0.5) is 14.6 Å². The lowest BCUT2D eigenvalue weighted by molar-refractivity contribution is 0.0145. The van der Waals surface area contributed by atoms with Gasteiger partial charge in [-0.3, -0.25) is 0 Å². The van der Waals surface area contributed by atoms with Gasteiger partial charge in [0, 0.05) is 23.6 Å². The highest BCUT2D eigenvalue weighted by Crippen LogP contribution is 2.45. The van der Waals surface area contributed by atoms with Gasteiger partial charge in [0.25, 0.3) is 0 Å². The minimum Gasteiger partial charge on any atom is -0.464 e. The molecule has 36 heavy (non-hydrogen) atoms. The Morgan fingerprint density at radius 3 is 2.42 bits per heavy atom. The zero-order valence-corrected chi connectivity index (χ0v) is 19.8. The molecule has 2 bridgehead atoms. The number of ether oxygens (including phenoxy) is 2. The molecule has 3 fully saturated rings. The average Bonchev–Trinajstić information content (AvgIpc) is 3.59. The predicted molar refractivity (Wildman–Crippen MR) is 124 cm³/mol. The van der Waals surface area contributed by atoms with E-state index < -0.39 is 17.6 Å². The fourth-order valence-corrected chi connectivity index (χ4v) is 5.55. The van der Waals surface area contributed by atoms with Crippen molar-refractivity contribution >= 4 is 11.8 Å². The summed E-state index contributed by atoms with van der Waals surface area (Å²) in [6.45, 7) is 0.191. The number of methoxy groups -OCH3 is 1. The van der Waals surface area contributed by atoms with Gasteiger partial charge in [-0.25, -0.2) is 23.5 Å². The molecule has 0 radical (unpaired) electrons. The topological polar surface area (TPSA) is 90.6 Å². The summed E-state index contributed by atoms with van der Waals surface area (Å²) in [7, 11) is 1.31. The molecule has 2 aromatic heterocycles. The maximum Gasteiger partial charge on any atom is 0.358 e. The average molecular weight is 497 g/mol. The van der Waals surface area contributed by atoms with Gasteiger partial charge in [-0.15, -0.1) is 0 Å². The quantitative estimate of drug-likeness (QED) is 0.431. The minimum atomic E-state index is -0.669. The van der Waals surface area contributed by atoms with E-state index in [-0.39, 0.29) is 47.7 Å². The van der Waals surface area contributed by atoms with Crippen molar-refractivity contribution in [3.63, 3.8) is 0 Å². The number of halogens is 2. The number of piperidine rings is 1. The summed E-state index contributed by atoms with van der Waals surface area (Å²) in [6.07, 6.45) is 8.61. The molecule has 0 amide bonds. The molecule has 8 nitrogen and oxygen atoms in total. The molecule has 1 saturated carbocycles. The predicted octanol–water partition coefficient (Wildman–Crippen LogP) is 4.79. The van der Waals surface area contributed by atoms with Crippen LogP contribution in [0.5, 0.6) is 0 Å². The van der Waals surface area contributed by atoms with Gasteiger partial charge in [-0.2, -0.15) is 0 Å².